The fourth-order valence-electron chi connectivity index (χ4n) is 1.41. The van der Waals surface area contributed by atoms with Gasteiger partial charge in [-0.2, -0.15) is 5.10 Å². The van der Waals surface area contributed by atoms with Crippen molar-refractivity contribution < 1.29 is 4.39 Å². The number of nitrogens with zero attached hydrogens (tertiary/aromatic N) is 2. The van der Waals surface area contributed by atoms with Crippen LogP contribution in [0.25, 0.3) is 0 Å². The van der Waals surface area contributed by atoms with Crippen LogP contribution in [0, 0.1) is 5.82 Å². The molecule has 0 saturated carbocycles. The maximum Gasteiger partial charge on any atom is 0.128 e. The SMILES string of the molecule is NCc1ccc(Cn2cccn2)c(F)c1. The Morgan fingerprint density at radius 3 is 2.87 bits per heavy atom. The molecule has 2 aromatic rings. The first-order valence-corrected chi connectivity index (χ1v) is 4.74. The quantitative estimate of drug-likeness (QED) is 0.825. The van der Waals surface area contributed by atoms with Gasteiger partial charge >= 0.3 is 0 Å². The van der Waals surface area contributed by atoms with Crippen molar-refractivity contribution >= 4 is 0 Å². The van der Waals surface area contributed by atoms with Crippen LogP contribution in [0.1, 0.15) is 11.1 Å². The molecule has 0 radical (unpaired) electrons. The summed E-state index contributed by atoms with van der Waals surface area (Å²) in [6.45, 7) is 0.808. The molecule has 0 atom stereocenters. The van der Waals surface area contributed by atoms with Gasteiger partial charge in [0.2, 0.25) is 0 Å². The van der Waals surface area contributed by atoms with Gasteiger partial charge in [-0.3, -0.25) is 4.68 Å². The summed E-state index contributed by atoms with van der Waals surface area (Å²) in [6.07, 6.45) is 3.47. The summed E-state index contributed by atoms with van der Waals surface area (Å²) in [4.78, 5) is 0. The van der Waals surface area contributed by atoms with E-state index in [-0.39, 0.29) is 5.82 Å². The molecule has 1 heterocycles. The topological polar surface area (TPSA) is 43.8 Å². The van der Waals surface area contributed by atoms with E-state index in [4.69, 9.17) is 5.73 Å². The van der Waals surface area contributed by atoms with Crippen molar-refractivity contribution in [3.8, 4) is 0 Å². The Kier molecular flexibility index (Phi) is 2.78. The third-order valence-corrected chi connectivity index (χ3v) is 2.24. The number of hydrogen-bond donors (Lipinski definition) is 1. The van der Waals surface area contributed by atoms with Crippen molar-refractivity contribution in [3.63, 3.8) is 0 Å². The minimum atomic E-state index is -0.228. The zero-order valence-electron chi connectivity index (χ0n) is 8.23. The van der Waals surface area contributed by atoms with E-state index in [2.05, 4.69) is 5.10 Å². The normalized spacial score (nSPS) is 10.5. The fourth-order valence-corrected chi connectivity index (χ4v) is 1.41. The van der Waals surface area contributed by atoms with Crippen LogP contribution >= 0.6 is 0 Å². The van der Waals surface area contributed by atoms with Gasteiger partial charge in [0, 0.05) is 24.5 Å². The standard InChI is InChI=1S/C11H12FN3/c12-11-6-9(7-13)2-3-10(11)8-15-5-1-4-14-15/h1-6H,7-8,13H2. The molecule has 4 heteroatoms. The Hall–Kier alpha value is -1.68. The molecule has 0 aliphatic carbocycles. The van der Waals surface area contributed by atoms with Crippen LogP contribution in [0.5, 0.6) is 0 Å². The Labute approximate surface area is 87.3 Å². The van der Waals surface area contributed by atoms with E-state index < -0.39 is 0 Å². The summed E-state index contributed by atoms with van der Waals surface area (Å²) >= 11 is 0. The highest BCUT2D eigenvalue weighted by Gasteiger charge is 2.03. The lowest BCUT2D eigenvalue weighted by atomic mass is 10.1. The van der Waals surface area contributed by atoms with Crippen molar-refractivity contribution in [2.24, 2.45) is 5.73 Å². The maximum atomic E-state index is 13.5. The van der Waals surface area contributed by atoms with E-state index in [1.165, 1.54) is 6.07 Å². The van der Waals surface area contributed by atoms with E-state index in [9.17, 15) is 4.39 Å². The van der Waals surface area contributed by atoms with Crippen LogP contribution in [0.15, 0.2) is 36.7 Å². The lowest BCUT2D eigenvalue weighted by molar-refractivity contribution is 0.583. The largest absolute Gasteiger partial charge is 0.326 e. The molecule has 2 rings (SSSR count). The number of nitrogens with two attached hydrogens (primary N) is 1. The molecule has 0 aliphatic heterocycles. The van der Waals surface area contributed by atoms with Crippen LogP contribution in [-0.2, 0) is 13.1 Å². The van der Waals surface area contributed by atoms with Crippen LogP contribution in [0.3, 0.4) is 0 Å². The van der Waals surface area contributed by atoms with Crippen molar-refractivity contribution in [3.05, 3.63) is 53.6 Å². The van der Waals surface area contributed by atoms with Gasteiger partial charge in [-0.1, -0.05) is 12.1 Å². The molecule has 0 fully saturated rings. The van der Waals surface area contributed by atoms with Gasteiger partial charge in [0.15, 0.2) is 0 Å². The van der Waals surface area contributed by atoms with Gasteiger partial charge in [-0.15, -0.1) is 0 Å². The second kappa shape index (κ2) is 4.23. The molecule has 15 heavy (non-hydrogen) atoms. The van der Waals surface area contributed by atoms with Crippen molar-refractivity contribution in [2.45, 2.75) is 13.1 Å². The van der Waals surface area contributed by atoms with Crippen molar-refractivity contribution in [1.82, 2.24) is 9.78 Å². The molecule has 2 N–H and O–H groups in total. The van der Waals surface area contributed by atoms with Gasteiger partial charge in [-0.25, -0.2) is 4.39 Å². The van der Waals surface area contributed by atoms with Crippen molar-refractivity contribution in [1.29, 1.82) is 0 Å². The summed E-state index contributed by atoms with van der Waals surface area (Å²) < 4.78 is 15.2. The molecule has 0 aliphatic rings. The first kappa shape index (κ1) is 9.86. The third kappa shape index (κ3) is 2.22. The third-order valence-electron chi connectivity index (χ3n) is 2.24. The molecule has 0 amide bonds. The highest BCUT2D eigenvalue weighted by molar-refractivity contribution is 5.24. The second-order valence-electron chi connectivity index (χ2n) is 3.33. The minimum absolute atomic E-state index is 0.228. The zero-order valence-corrected chi connectivity index (χ0v) is 8.23. The predicted octanol–water partition coefficient (Wildman–Crippen LogP) is 1.53. The maximum absolute atomic E-state index is 13.5. The smallest absolute Gasteiger partial charge is 0.128 e. The van der Waals surface area contributed by atoms with Gasteiger partial charge in [-0.05, 0) is 17.7 Å². The molecule has 0 saturated heterocycles. The highest BCUT2D eigenvalue weighted by Crippen LogP contribution is 2.11. The highest BCUT2D eigenvalue weighted by atomic mass is 19.1. The van der Waals surface area contributed by atoms with Crippen LogP contribution in [0.2, 0.25) is 0 Å². The summed E-state index contributed by atoms with van der Waals surface area (Å²) in [5, 5.41) is 4.02. The molecule has 1 aromatic carbocycles. The first-order chi connectivity index (χ1) is 7.29. The number of hydrogen-bond acceptors (Lipinski definition) is 2. The molecule has 78 valence electrons. The van der Waals surface area contributed by atoms with E-state index in [1.54, 1.807) is 23.1 Å². The van der Waals surface area contributed by atoms with E-state index in [1.807, 2.05) is 12.1 Å². The van der Waals surface area contributed by atoms with Gasteiger partial charge in [0.05, 0.1) is 6.54 Å². The van der Waals surface area contributed by atoms with Crippen molar-refractivity contribution in [2.75, 3.05) is 0 Å². The Bertz CT molecular complexity index is 437. The van der Waals surface area contributed by atoms with E-state index >= 15 is 0 Å². The van der Waals surface area contributed by atoms with Gasteiger partial charge in [0.1, 0.15) is 5.82 Å². The number of halogens is 1. The number of aromatic nitrogens is 2. The second-order valence-corrected chi connectivity index (χ2v) is 3.33. The molecule has 3 nitrogen and oxygen atoms in total. The molecular formula is C11H12FN3. The Morgan fingerprint density at radius 2 is 2.27 bits per heavy atom. The average molecular weight is 205 g/mol. The minimum Gasteiger partial charge on any atom is -0.326 e. The molecular weight excluding hydrogens is 193 g/mol. The lowest BCUT2D eigenvalue weighted by Crippen LogP contribution is -2.04. The lowest BCUT2D eigenvalue weighted by Gasteiger charge is -2.05. The summed E-state index contributed by atoms with van der Waals surface area (Å²) in [5.74, 6) is -0.228. The zero-order chi connectivity index (χ0) is 10.7. The predicted molar refractivity (Wildman–Crippen MR) is 55.6 cm³/mol. The Balaban J connectivity index is 2.22. The van der Waals surface area contributed by atoms with Gasteiger partial charge < -0.3 is 5.73 Å². The summed E-state index contributed by atoms with van der Waals surface area (Å²) in [5.41, 5.74) is 6.84. The van der Waals surface area contributed by atoms with Gasteiger partial charge in [0.25, 0.3) is 0 Å². The van der Waals surface area contributed by atoms with E-state index in [0.717, 1.165) is 5.56 Å². The summed E-state index contributed by atoms with van der Waals surface area (Å²) in [6, 6.07) is 6.87. The number of benzene rings is 1. The first-order valence-electron chi connectivity index (χ1n) is 4.74. The monoisotopic (exact) mass is 205 g/mol. The summed E-state index contributed by atoms with van der Waals surface area (Å²) in [7, 11) is 0. The van der Waals surface area contributed by atoms with E-state index in [0.29, 0.717) is 18.7 Å². The van der Waals surface area contributed by atoms with Crippen LogP contribution in [-0.4, -0.2) is 9.78 Å². The van der Waals surface area contributed by atoms with Crippen LogP contribution < -0.4 is 5.73 Å². The molecule has 0 unspecified atom stereocenters. The van der Waals surface area contributed by atoms with Crippen LogP contribution in [0.4, 0.5) is 4.39 Å². The fraction of sp³-hybridized carbons (Fsp3) is 0.182. The molecule has 1 aromatic heterocycles. The number of rotatable bonds is 3. The average Bonchev–Trinajstić information content (AvgIpc) is 2.74. The molecule has 0 bridgehead atoms. The molecule has 0 spiro atoms. The Morgan fingerprint density at radius 1 is 1.40 bits per heavy atom.